The van der Waals surface area contributed by atoms with E-state index >= 15 is 0 Å². The van der Waals surface area contributed by atoms with Crippen LogP contribution in [0.1, 0.15) is 18.1 Å². The average Bonchev–Trinajstić information content (AvgIpc) is 3.55. The monoisotopic (exact) mass is 463 g/mol. The van der Waals surface area contributed by atoms with E-state index in [1.165, 1.54) is 0 Å². The van der Waals surface area contributed by atoms with E-state index in [-0.39, 0.29) is 12.3 Å². The SMILES string of the molecule is O=C(CCc1ncc(-c2ccccc2Cl)o1)NCc1ccc(-c2nc3ccccc3s2)o1. The lowest BCUT2D eigenvalue weighted by Crippen LogP contribution is -2.22. The molecule has 32 heavy (non-hydrogen) atoms. The number of oxazole rings is 1. The first kappa shape index (κ1) is 20.5. The van der Waals surface area contributed by atoms with Crippen molar-refractivity contribution >= 4 is 39.1 Å². The van der Waals surface area contributed by atoms with Crippen LogP contribution in [0.4, 0.5) is 0 Å². The fourth-order valence-electron chi connectivity index (χ4n) is 3.27. The van der Waals surface area contributed by atoms with Crippen molar-refractivity contribution in [3.05, 3.63) is 83.5 Å². The van der Waals surface area contributed by atoms with Gasteiger partial charge in [-0.15, -0.1) is 11.3 Å². The fourth-order valence-corrected chi connectivity index (χ4v) is 4.43. The number of furan rings is 1. The Hall–Kier alpha value is -3.42. The number of amides is 1. The maximum absolute atomic E-state index is 12.3. The molecule has 0 aliphatic heterocycles. The maximum Gasteiger partial charge on any atom is 0.220 e. The minimum atomic E-state index is -0.111. The number of hydrogen-bond donors (Lipinski definition) is 1. The van der Waals surface area contributed by atoms with E-state index in [0.717, 1.165) is 20.8 Å². The number of nitrogens with zero attached hydrogens (tertiary/aromatic N) is 2. The van der Waals surface area contributed by atoms with Crippen molar-refractivity contribution in [1.82, 2.24) is 15.3 Å². The summed E-state index contributed by atoms with van der Waals surface area (Å²) in [5.41, 5.74) is 1.72. The van der Waals surface area contributed by atoms with Gasteiger partial charge in [0.25, 0.3) is 0 Å². The van der Waals surface area contributed by atoms with Crippen LogP contribution in [0.2, 0.25) is 5.02 Å². The molecule has 0 spiro atoms. The molecule has 8 heteroatoms. The summed E-state index contributed by atoms with van der Waals surface area (Å²) in [6.07, 6.45) is 2.28. The molecule has 0 saturated heterocycles. The highest BCUT2D eigenvalue weighted by Crippen LogP contribution is 2.31. The zero-order valence-electron chi connectivity index (χ0n) is 16.9. The Morgan fingerprint density at radius 3 is 2.72 bits per heavy atom. The minimum absolute atomic E-state index is 0.111. The van der Waals surface area contributed by atoms with E-state index in [4.69, 9.17) is 20.4 Å². The number of halogens is 1. The van der Waals surface area contributed by atoms with Gasteiger partial charge in [0.05, 0.1) is 28.0 Å². The van der Waals surface area contributed by atoms with Crippen LogP contribution in [0, 0.1) is 0 Å². The van der Waals surface area contributed by atoms with E-state index in [1.54, 1.807) is 23.6 Å². The summed E-state index contributed by atoms with van der Waals surface area (Å²) in [4.78, 5) is 21.1. The van der Waals surface area contributed by atoms with Gasteiger partial charge in [0, 0.05) is 18.4 Å². The number of para-hydroxylation sites is 1. The van der Waals surface area contributed by atoms with Crippen LogP contribution >= 0.6 is 22.9 Å². The topological polar surface area (TPSA) is 81.2 Å². The number of hydrogen-bond acceptors (Lipinski definition) is 6. The molecule has 1 amide bonds. The molecule has 0 saturated carbocycles. The largest absolute Gasteiger partial charge is 0.457 e. The summed E-state index contributed by atoms with van der Waals surface area (Å²) in [5, 5.41) is 4.28. The summed E-state index contributed by atoms with van der Waals surface area (Å²) in [7, 11) is 0. The zero-order chi connectivity index (χ0) is 21.9. The molecule has 2 aromatic carbocycles. The van der Waals surface area contributed by atoms with Crippen LogP contribution in [-0.4, -0.2) is 15.9 Å². The highest BCUT2D eigenvalue weighted by atomic mass is 35.5. The van der Waals surface area contributed by atoms with Crippen molar-refractivity contribution in [2.75, 3.05) is 0 Å². The van der Waals surface area contributed by atoms with Crippen molar-refractivity contribution in [1.29, 1.82) is 0 Å². The Bertz CT molecular complexity index is 1350. The predicted molar refractivity (Wildman–Crippen MR) is 124 cm³/mol. The number of nitrogens with one attached hydrogen (secondary N) is 1. The quantitative estimate of drug-likeness (QED) is 0.314. The first-order valence-electron chi connectivity index (χ1n) is 10.1. The summed E-state index contributed by atoms with van der Waals surface area (Å²) in [6, 6.07) is 19.1. The van der Waals surface area contributed by atoms with Gasteiger partial charge >= 0.3 is 0 Å². The third-order valence-corrected chi connectivity index (χ3v) is 6.27. The molecule has 0 radical (unpaired) electrons. The molecule has 160 valence electrons. The minimum Gasteiger partial charge on any atom is -0.457 e. The van der Waals surface area contributed by atoms with Gasteiger partial charge in [0.15, 0.2) is 22.4 Å². The van der Waals surface area contributed by atoms with Crippen molar-refractivity contribution in [2.45, 2.75) is 19.4 Å². The Balaban J connectivity index is 1.15. The van der Waals surface area contributed by atoms with Crippen LogP contribution in [0.15, 0.2) is 75.7 Å². The van der Waals surface area contributed by atoms with Gasteiger partial charge in [-0.1, -0.05) is 35.9 Å². The smallest absolute Gasteiger partial charge is 0.220 e. The molecular formula is C24H18ClN3O3S. The molecule has 0 unspecified atom stereocenters. The van der Waals surface area contributed by atoms with Gasteiger partial charge in [-0.2, -0.15) is 0 Å². The molecule has 5 rings (SSSR count). The number of benzene rings is 2. The molecule has 3 heterocycles. The van der Waals surface area contributed by atoms with Crippen molar-refractivity contribution < 1.29 is 13.6 Å². The predicted octanol–water partition coefficient (Wildman–Crippen LogP) is 6.11. The molecule has 1 N–H and O–H groups in total. The lowest BCUT2D eigenvalue weighted by molar-refractivity contribution is -0.121. The Kier molecular flexibility index (Phi) is 5.75. The van der Waals surface area contributed by atoms with Crippen LogP contribution in [0.5, 0.6) is 0 Å². The highest BCUT2D eigenvalue weighted by Gasteiger charge is 2.13. The molecule has 0 aliphatic rings. The van der Waals surface area contributed by atoms with E-state index in [2.05, 4.69) is 15.3 Å². The van der Waals surface area contributed by atoms with Gasteiger partial charge in [0.1, 0.15) is 5.76 Å². The number of carbonyl (C=O) groups is 1. The molecule has 5 aromatic rings. The highest BCUT2D eigenvalue weighted by molar-refractivity contribution is 7.21. The molecular weight excluding hydrogens is 446 g/mol. The second kappa shape index (κ2) is 8.98. The third-order valence-electron chi connectivity index (χ3n) is 4.88. The lowest BCUT2D eigenvalue weighted by Gasteiger charge is -2.02. The Labute approximate surface area is 192 Å². The Morgan fingerprint density at radius 2 is 1.84 bits per heavy atom. The van der Waals surface area contributed by atoms with E-state index in [0.29, 0.717) is 41.2 Å². The number of fused-ring (bicyclic) bond motifs is 1. The maximum atomic E-state index is 12.3. The van der Waals surface area contributed by atoms with E-state index < -0.39 is 0 Å². The van der Waals surface area contributed by atoms with Crippen LogP contribution in [-0.2, 0) is 17.8 Å². The molecule has 3 aromatic heterocycles. The van der Waals surface area contributed by atoms with Gasteiger partial charge in [-0.25, -0.2) is 9.97 Å². The lowest BCUT2D eigenvalue weighted by atomic mass is 10.2. The Morgan fingerprint density at radius 1 is 1.00 bits per heavy atom. The molecule has 0 bridgehead atoms. The molecule has 0 atom stereocenters. The zero-order valence-corrected chi connectivity index (χ0v) is 18.4. The normalized spacial score (nSPS) is 11.2. The van der Waals surface area contributed by atoms with E-state index in [9.17, 15) is 4.79 Å². The first-order valence-corrected chi connectivity index (χ1v) is 11.3. The summed E-state index contributed by atoms with van der Waals surface area (Å²) < 4.78 is 12.7. The van der Waals surface area contributed by atoms with Gasteiger partial charge < -0.3 is 14.2 Å². The number of aryl methyl sites for hydroxylation is 1. The number of carbonyl (C=O) groups excluding carboxylic acids is 1. The average molecular weight is 464 g/mol. The van der Waals surface area contributed by atoms with Crippen molar-refractivity contribution in [3.8, 4) is 22.1 Å². The van der Waals surface area contributed by atoms with Crippen LogP contribution in [0.25, 0.3) is 32.3 Å². The van der Waals surface area contributed by atoms with Crippen LogP contribution < -0.4 is 5.32 Å². The molecule has 6 nitrogen and oxygen atoms in total. The molecule has 0 aliphatic carbocycles. The fraction of sp³-hybridized carbons (Fsp3) is 0.125. The number of rotatable bonds is 7. The number of thiazole rings is 1. The van der Waals surface area contributed by atoms with E-state index in [1.807, 2.05) is 54.6 Å². The van der Waals surface area contributed by atoms with Crippen molar-refractivity contribution in [3.63, 3.8) is 0 Å². The van der Waals surface area contributed by atoms with Gasteiger partial charge in [-0.3, -0.25) is 4.79 Å². The van der Waals surface area contributed by atoms with Gasteiger partial charge in [0.2, 0.25) is 5.91 Å². The summed E-state index contributed by atoms with van der Waals surface area (Å²) in [5.74, 6) is 2.34. The van der Waals surface area contributed by atoms with Crippen LogP contribution in [0.3, 0.4) is 0 Å². The molecule has 0 fully saturated rings. The standard InChI is InChI=1S/C24H18ClN3O3S/c25-17-6-2-1-5-16(17)20-14-27-23(31-20)12-11-22(29)26-13-15-9-10-19(30-15)24-28-18-7-3-4-8-21(18)32-24/h1-10,14H,11-13H2,(H,26,29). The summed E-state index contributed by atoms with van der Waals surface area (Å²) >= 11 is 7.77. The van der Waals surface area contributed by atoms with Crippen molar-refractivity contribution in [2.24, 2.45) is 0 Å². The van der Waals surface area contributed by atoms with Gasteiger partial charge in [-0.05, 0) is 36.4 Å². The number of aromatic nitrogens is 2. The first-order chi connectivity index (χ1) is 15.7. The second-order valence-corrected chi connectivity index (χ2v) is 8.57. The second-order valence-electron chi connectivity index (χ2n) is 7.13. The third kappa shape index (κ3) is 4.44. The summed E-state index contributed by atoms with van der Waals surface area (Å²) in [6.45, 7) is 0.306.